The molecule has 0 saturated heterocycles. The Morgan fingerprint density at radius 3 is 2.12 bits per heavy atom. The number of anilines is 1. The van der Waals surface area contributed by atoms with Crippen LogP contribution in [0.25, 0.3) is 0 Å². The minimum atomic E-state index is -1.90. The first kappa shape index (κ1) is 14.7. The molecule has 0 aliphatic carbocycles. The van der Waals surface area contributed by atoms with E-state index in [9.17, 15) is 0 Å². The second-order valence-electron chi connectivity index (χ2n) is 5.67. The van der Waals surface area contributed by atoms with Gasteiger partial charge in [0.2, 0.25) is 0 Å². The molecule has 0 amide bonds. The molecular formula is C12H19Cl2NOSi. The van der Waals surface area contributed by atoms with Crippen LogP contribution in [-0.4, -0.2) is 8.32 Å². The average Bonchev–Trinajstić information content (AvgIpc) is 2.12. The molecule has 0 aliphatic heterocycles. The topological polar surface area (TPSA) is 35.2 Å². The van der Waals surface area contributed by atoms with Crippen LogP contribution in [0.5, 0.6) is 5.75 Å². The smallest absolute Gasteiger partial charge is 0.250 e. The first-order valence-corrected chi connectivity index (χ1v) is 9.14. The van der Waals surface area contributed by atoms with Crippen molar-refractivity contribution in [3.63, 3.8) is 0 Å². The number of rotatable bonds is 2. The summed E-state index contributed by atoms with van der Waals surface area (Å²) in [6, 6.07) is 3.33. The maximum Gasteiger partial charge on any atom is 0.250 e. The molecule has 0 fully saturated rings. The summed E-state index contributed by atoms with van der Waals surface area (Å²) in [4.78, 5) is 0. The lowest BCUT2D eigenvalue weighted by molar-refractivity contribution is 0.492. The van der Waals surface area contributed by atoms with Gasteiger partial charge in [-0.05, 0) is 24.2 Å². The van der Waals surface area contributed by atoms with Gasteiger partial charge < -0.3 is 10.2 Å². The average molecular weight is 292 g/mol. The van der Waals surface area contributed by atoms with Gasteiger partial charge in [-0.1, -0.05) is 44.0 Å². The molecule has 0 unspecified atom stereocenters. The number of nitrogen functional groups attached to an aromatic ring is 1. The second kappa shape index (κ2) is 4.71. The Bertz CT molecular complexity index is 427. The van der Waals surface area contributed by atoms with E-state index in [0.717, 1.165) is 0 Å². The lowest BCUT2D eigenvalue weighted by Crippen LogP contribution is -2.43. The summed E-state index contributed by atoms with van der Waals surface area (Å²) in [5.74, 6) is 0.625. The predicted molar refractivity (Wildman–Crippen MR) is 78.7 cm³/mol. The molecule has 0 radical (unpaired) electrons. The molecule has 0 aromatic heterocycles. The van der Waals surface area contributed by atoms with Gasteiger partial charge in [0.25, 0.3) is 8.32 Å². The molecule has 2 N–H and O–H groups in total. The number of nitrogens with two attached hydrogens (primary N) is 1. The fourth-order valence-corrected chi connectivity index (χ4v) is 2.56. The van der Waals surface area contributed by atoms with Crippen molar-refractivity contribution < 1.29 is 4.43 Å². The Labute approximate surface area is 114 Å². The van der Waals surface area contributed by atoms with Crippen molar-refractivity contribution >= 4 is 37.2 Å². The highest BCUT2D eigenvalue weighted by molar-refractivity contribution is 6.74. The molecule has 17 heavy (non-hydrogen) atoms. The summed E-state index contributed by atoms with van der Waals surface area (Å²) < 4.78 is 6.10. The lowest BCUT2D eigenvalue weighted by atomic mass is 10.2. The molecule has 1 rings (SSSR count). The van der Waals surface area contributed by atoms with E-state index in [2.05, 4.69) is 33.9 Å². The van der Waals surface area contributed by atoms with E-state index >= 15 is 0 Å². The van der Waals surface area contributed by atoms with Gasteiger partial charge in [-0.3, -0.25) is 0 Å². The second-order valence-corrected chi connectivity index (χ2v) is 11.2. The molecule has 0 bridgehead atoms. The fraction of sp³-hybridized carbons (Fsp3) is 0.500. The van der Waals surface area contributed by atoms with Gasteiger partial charge in [0.1, 0.15) is 5.75 Å². The number of hydrogen-bond donors (Lipinski definition) is 1. The Morgan fingerprint density at radius 2 is 1.65 bits per heavy atom. The first-order valence-electron chi connectivity index (χ1n) is 5.48. The predicted octanol–water partition coefficient (Wildman–Crippen LogP) is 4.96. The molecule has 0 atom stereocenters. The maximum absolute atomic E-state index is 6.11. The monoisotopic (exact) mass is 291 g/mol. The number of benzene rings is 1. The highest BCUT2D eigenvalue weighted by atomic mass is 35.5. The van der Waals surface area contributed by atoms with Gasteiger partial charge in [-0.2, -0.15) is 0 Å². The Morgan fingerprint density at radius 1 is 1.12 bits per heavy atom. The van der Waals surface area contributed by atoms with Crippen molar-refractivity contribution in [3.05, 3.63) is 22.2 Å². The van der Waals surface area contributed by atoms with Gasteiger partial charge >= 0.3 is 0 Å². The Balaban J connectivity index is 3.08. The van der Waals surface area contributed by atoms with Crippen LogP contribution in [0.3, 0.4) is 0 Å². The molecule has 1 aromatic rings. The first-order chi connectivity index (χ1) is 7.54. The van der Waals surface area contributed by atoms with Crippen molar-refractivity contribution in [1.82, 2.24) is 0 Å². The zero-order valence-electron chi connectivity index (χ0n) is 10.9. The number of halogens is 2. The van der Waals surface area contributed by atoms with E-state index in [1.165, 1.54) is 0 Å². The van der Waals surface area contributed by atoms with Crippen molar-refractivity contribution in [3.8, 4) is 5.75 Å². The minimum Gasteiger partial charge on any atom is -0.542 e. The maximum atomic E-state index is 6.11. The van der Waals surface area contributed by atoms with Gasteiger partial charge in [-0.25, -0.2) is 0 Å². The van der Waals surface area contributed by atoms with Crippen LogP contribution in [0.15, 0.2) is 12.1 Å². The molecule has 0 saturated carbocycles. The van der Waals surface area contributed by atoms with Gasteiger partial charge in [0.05, 0.1) is 15.7 Å². The van der Waals surface area contributed by atoms with Gasteiger partial charge in [-0.15, -0.1) is 0 Å². The molecular weight excluding hydrogens is 273 g/mol. The summed E-state index contributed by atoms with van der Waals surface area (Å²) in [7, 11) is -1.90. The molecule has 1 aromatic carbocycles. The molecule has 2 nitrogen and oxygen atoms in total. The minimum absolute atomic E-state index is 0.116. The van der Waals surface area contributed by atoms with Crippen LogP contribution in [0.2, 0.25) is 28.2 Å². The van der Waals surface area contributed by atoms with E-state index < -0.39 is 8.32 Å². The zero-order valence-corrected chi connectivity index (χ0v) is 13.4. The van der Waals surface area contributed by atoms with Gasteiger partial charge in [0, 0.05) is 6.07 Å². The molecule has 96 valence electrons. The fourth-order valence-electron chi connectivity index (χ4n) is 1.05. The third kappa shape index (κ3) is 3.30. The molecule has 0 spiro atoms. The van der Waals surface area contributed by atoms with Gasteiger partial charge in [0.15, 0.2) is 0 Å². The van der Waals surface area contributed by atoms with Crippen LogP contribution in [0, 0.1) is 0 Å². The largest absolute Gasteiger partial charge is 0.542 e. The highest BCUT2D eigenvalue weighted by Gasteiger charge is 2.39. The van der Waals surface area contributed by atoms with Crippen molar-refractivity contribution in [2.75, 3.05) is 5.73 Å². The Hall–Kier alpha value is -0.383. The van der Waals surface area contributed by atoms with Crippen LogP contribution in [0.1, 0.15) is 20.8 Å². The van der Waals surface area contributed by atoms with Crippen molar-refractivity contribution in [2.24, 2.45) is 0 Å². The molecule has 5 heteroatoms. The quantitative estimate of drug-likeness (QED) is 0.617. The van der Waals surface area contributed by atoms with Crippen LogP contribution in [-0.2, 0) is 0 Å². The summed E-state index contributed by atoms with van der Waals surface area (Å²) >= 11 is 12.0. The van der Waals surface area contributed by atoms with E-state index in [0.29, 0.717) is 21.5 Å². The third-order valence-electron chi connectivity index (χ3n) is 3.22. The zero-order chi connectivity index (χ0) is 13.4. The van der Waals surface area contributed by atoms with E-state index in [1.807, 2.05) is 0 Å². The molecule has 0 heterocycles. The number of hydrogen-bond acceptors (Lipinski definition) is 2. The van der Waals surface area contributed by atoms with Crippen LogP contribution < -0.4 is 10.2 Å². The van der Waals surface area contributed by atoms with Crippen molar-refractivity contribution in [2.45, 2.75) is 38.9 Å². The third-order valence-corrected chi connectivity index (χ3v) is 8.19. The van der Waals surface area contributed by atoms with Crippen molar-refractivity contribution in [1.29, 1.82) is 0 Å². The standard InChI is InChI=1S/C12H19Cl2NOSi/c1-12(2,3)17(4,5)16-11-7-10(15)8(13)6-9(11)14/h6-7H,15H2,1-5H3. The summed E-state index contributed by atoms with van der Waals surface area (Å²) in [6.45, 7) is 10.8. The van der Waals surface area contributed by atoms with E-state index in [-0.39, 0.29) is 5.04 Å². The highest BCUT2D eigenvalue weighted by Crippen LogP contribution is 2.40. The molecule has 0 aliphatic rings. The van der Waals surface area contributed by atoms with Crippen LogP contribution >= 0.6 is 23.2 Å². The summed E-state index contributed by atoms with van der Waals surface area (Å²) in [5.41, 5.74) is 6.25. The Kier molecular flexibility index (Phi) is 4.07. The normalized spacial score (nSPS) is 12.6. The summed E-state index contributed by atoms with van der Waals surface area (Å²) in [5, 5.41) is 1.08. The van der Waals surface area contributed by atoms with E-state index in [1.54, 1.807) is 12.1 Å². The van der Waals surface area contributed by atoms with Crippen LogP contribution in [0.4, 0.5) is 5.69 Å². The SMILES string of the molecule is CC(C)(C)[Si](C)(C)Oc1cc(N)c(Cl)cc1Cl. The van der Waals surface area contributed by atoms with E-state index in [4.69, 9.17) is 33.4 Å². The lowest BCUT2D eigenvalue weighted by Gasteiger charge is -2.36. The summed E-state index contributed by atoms with van der Waals surface area (Å²) in [6.07, 6.45) is 0.